The van der Waals surface area contributed by atoms with Gasteiger partial charge in [-0.25, -0.2) is 8.42 Å². The highest BCUT2D eigenvalue weighted by atomic mass is 32.2. The molecule has 11 heteroatoms. The number of carbonyl (C=O) groups excluding carboxylic acids is 3. The number of amides is 3. The molecule has 0 spiro atoms. The predicted molar refractivity (Wildman–Crippen MR) is 132 cm³/mol. The van der Waals surface area contributed by atoms with Crippen molar-refractivity contribution >= 4 is 39.1 Å². The number of para-hydroxylation sites is 1. The number of rotatable bonds is 8. The van der Waals surface area contributed by atoms with Crippen LogP contribution in [-0.4, -0.2) is 39.0 Å². The number of hydrogen-bond acceptors (Lipinski definition) is 6. The topological polar surface area (TPSA) is 143 Å². The standard InChI is InChI=1S/C24H24N4O6S/c1-16(29)25-18-12-13-21(28-35(2,32)33)20(14-18)24(31)27-26-23(30)15-34-22-11-7-6-10-19(22)17-8-4-3-5-9-17/h3-14,28H,15H2,1-2H3,(H,25,29)(H,26,30)(H,27,31). The smallest absolute Gasteiger partial charge is 0.276 e. The summed E-state index contributed by atoms with van der Waals surface area (Å²) in [7, 11) is -3.69. The fraction of sp³-hybridized carbons (Fsp3) is 0.125. The van der Waals surface area contributed by atoms with Gasteiger partial charge in [0.2, 0.25) is 15.9 Å². The molecule has 182 valence electrons. The Labute approximate surface area is 202 Å². The van der Waals surface area contributed by atoms with Crippen LogP contribution in [0.15, 0.2) is 72.8 Å². The molecule has 3 amide bonds. The number of hydrazine groups is 1. The van der Waals surface area contributed by atoms with Crippen molar-refractivity contribution in [2.75, 3.05) is 22.9 Å². The zero-order chi connectivity index (χ0) is 25.4. The number of benzene rings is 3. The monoisotopic (exact) mass is 496 g/mol. The van der Waals surface area contributed by atoms with E-state index < -0.39 is 21.8 Å². The van der Waals surface area contributed by atoms with Crippen LogP contribution in [0.3, 0.4) is 0 Å². The molecule has 0 unspecified atom stereocenters. The second-order valence-electron chi connectivity index (χ2n) is 7.47. The fourth-order valence-corrected chi connectivity index (χ4v) is 3.70. The Kier molecular flexibility index (Phi) is 8.05. The molecular weight excluding hydrogens is 472 g/mol. The van der Waals surface area contributed by atoms with Gasteiger partial charge >= 0.3 is 0 Å². The van der Waals surface area contributed by atoms with Crippen molar-refractivity contribution in [2.24, 2.45) is 0 Å². The quantitative estimate of drug-likeness (QED) is 0.353. The van der Waals surface area contributed by atoms with E-state index in [9.17, 15) is 22.8 Å². The summed E-state index contributed by atoms with van der Waals surface area (Å²) in [5.74, 6) is -1.33. The van der Waals surface area contributed by atoms with Gasteiger partial charge in [0.1, 0.15) is 5.75 Å². The van der Waals surface area contributed by atoms with Crippen LogP contribution < -0.4 is 25.6 Å². The summed E-state index contributed by atoms with van der Waals surface area (Å²) in [5.41, 5.74) is 6.31. The number of ether oxygens (including phenoxy) is 1. The van der Waals surface area contributed by atoms with Gasteiger partial charge in [-0.05, 0) is 29.8 Å². The van der Waals surface area contributed by atoms with Gasteiger partial charge in [0.05, 0.1) is 17.5 Å². The lowest BCUT2D eigenvalue weighted by atomic mass is 10.1. The van der Waals surface area contributed by atoms with Gasteiger partial charge in [0, 0.05) is 18.2 Å². The van der Waals surface area contributed by atoms with Crippen molar-refractivity contribution in [1.82, 2.24) is 10.9 Å². The lowest BCUT2D eigenvalue weighted by Gasteiger charge is -2.14. The average Bonchev–Trinajstić information content (AvgIpc) is 2.81. The fourth-order valence-electron chi connectivity index (χ4n) is 3.12. The van der Waals surface area contributed by atoms with E-state index in [1.807, 2.05) is 42.5 Å². The van der Waals surface area contributed by atoms with Crippen LogP contribution in [0, 0.1) is 0 Å². The Balaban J connectivity index is 1.67. The van der Waals surface area contributed by atoms with E-state index >= 15 is 0 Å². The van der Waals surface area contributed by atoms with Crippen molar-refractivity contribution in [3.63, 3.8) is 0 Å². The van der Waals surface area contributed by atoms with Gasteiger partial charge in [0.25, 0.3) is 11.8 Å². The van der Waals surface area contributed by atoms with Crippen molar-refractivity contribution in [3.8, 4) is 16.9 Å². The number of sulfonamides is 1. The minimum absolute atomic E-state index is 0.0265. The molecule has 0 saturated carbocycles. The third-order valence-corrected chi connectivity index (χ3v) is 5.12. The first kappa shape index (κ1) is 25.2. The highest BCUT2D eigenvalue weighted by molar-refractivity contribution is 7.92. The molecule has 4 N–H and O–H groups in total. The lowest BCUT2D eigenvalue weighted by Crippen LogP contribution is -2.44. The number of nitrogens with one attached hydrogen (secondary N) is 4. The summed E-state index contributed by atoms with van der Waals surface area (Å²) in [6, 6.07) is 20.8. The first-order valence-electron chi connectivity index (χ1n) is 10.4. The van der Waals surface area contributed by atoms with Gasteiger partial charge in [-0.1, -0.05) is 48.5 Å². The molecule has 0 aromatic heterocycles. The molecule has 0 aliphatic heterocycles. The van der Waals surface area contributed by atoms with Crippen LogP contribution in [0.2, 0.25) is 0 Å². The Bertz CT molecular complexity index is 1340. The molecular formula is C24H24N4O6S. The van der Waals surface area contributed by atoms with Gasteiger partial charge in [-0.3, -0.25) is 30.0 Å². The third-order valence-electron chi connectivity index (χ3n) is 4.53. The van der Waals surface area contributed by atoms with E-state index in [-0.39, 0.29) is 29.5 Å². The molecule has 35 heavy (non-hydrogen) atoms. The Morgan fingerprint density at radius 3 is 2.26 bits per heavy atom. The summed E-state index contributed by atoms with van der Waals surface area (Å²) < 4.78 is 31.2. The van der Waals surface area contributed by atoms with E-state index in [0.717, 1.165) is 17.4 Å². The number of hydrogen-bond donors (Lipinski definition) is 4. The van der Waals surface area contributed by atoms with Crippen molar-refractivity contribution in [3.05, 3.63) is 78.4 Å². The zero-order valence-electron chi connectivity index (χ0n) is 19.0. The van der Waals surface area contributed by atoms with Crippen LogP contribution >= 0.6 is 0 Å². The number of anilines is 2. The van der Waals surface area contributed by atoms with E-state index in [1.165, 1.54) is 25.1 Å². The summed E-state index contributed by atoms with van der Waals surface area (Å²) in [6.45, 7) is 0.906. The van der Waals surface area contributed by atoms with Gasteiger partial charge < -0.3 is 10.1 Å². The largest absolute Gasteiger partial charge is 0.483 e. The minimum atomic E-state index is -3.69. The van der Waals surface area contributed by atoms with Crippen LogP contribution in [0.4, 0.5) is 11.4 Å². The highest BCUT2D eigenvalue weighted by Gasteiger charge is 2.17. The molecule has 0 fully saturated rings. The summed E-state index contributed by atoms with van der Waals surface area (Å²) >= 11 is 0. The molecule has 0 atom stereocenters. The number of carbonyl (C=O) groups is 3. The Morgan fingerprint density at radius 2 is 1.57 bits per heavy atom. The first-order valence-corrected chi connectivity index (χ1v) is 12.3. The lowest BCUT2D eigenvalue weighted by molar-refractivity contribution is -0.123. The van der Waals surface area contributed by atoms with Gasteiger partial charge in [-0.15, -0.1) is 0 Å². The maximum Gasteiger partial charge on any atom is 0.276 e. The second-order valence-corrected chi connectivity index (χ2v) is 9.22. The molecule has 10 nitrogen and oxygen atoms in total. The molecule has 0 saturated heterocycles. The van der Waals surface area contributed by atoms with Crippen molar-refractivity contribution in [1.29, 1.82) is 0 Å². The van der Waals surface area contributed by atoms with Crippen LogP contribution in [-0.2, 0) is 19.6 Å². The molecule has 0 bridgehead atoms. The van der Waals surface area contributed by atoms with E-state index in [2.05, 4.69) is 20.9 Å². The SMILES string of the molecule is CC(=O)Nc1ccc(NS(C)(=O)=O)c(C(=O)NNC(=O)COc2ccccc2-c2ccccc2)c1. The summed E-state index contributed by atoms with van der Waals surface area (Å²) in [4.78, 5) is 36.3. The molecule has 0 radical (unpaired) electrons. The first-order chi connectivity index (χ1) is 16.6. The second kappa shape index (κ2) is 11.2. The summed E-state index contributed by atoms with van der Waals surface area (Å²) in [6.07, 6.45) is 0.933. The van der Waals surface area contributed by atoms with Crippen LogP contribution in [0.5, 0.6) is 5.75 Å². The van der Waals surface area contributed by atoms with Crippen molar-refractivity contribution < 1.29 is 27.5 Å². The van der Waals surface area contributed by atoms with Crippen molar-refractivity contribution in [2.45, 2.75) is 6.92 Å². The van der Waals surface area contributed by atoms with Gasteiger partial charge in [0.15, 0.2) is 6.61 Å². The Morgan fingerprint density at radius 1 is 0.886 bits per heavy atom. The van der Waals surface area contributed by atoms with E-state index in [0.29, 0.717) is 5.75 Å². The summed E-state index contributed by atoms with van der Waals surface area (Å²) in [5, 5.41) is 2.51. The van der Waals surface area contributed by atoms with E-state index in [1.54, 1.807) is 12.1 Å². The third kappa shape index (κ3) is 7.57. The van der Waals surface area contributed by atoms with Gasteiger partial charge in [-0.2, -0.15) is 0 Å². The molecule has 0 aliphatic rings. The van der Waals surface area contributed by atoms with Crippen LogP contribution in [0.25, 0.3) is 11.1 Å². The molecule has 3 aromatic rings. The minimum Gasteiger partial charge on any atom is -0.483 e. The van der Waals surface area contributed by atoms with Crippen LogP contribution in [0.1, 0.15) is 17.3 Å². The predicted octanol–water partition coefficient (Wildman–Crippen LogP) is 2.52. The zero-order valence-corrected chi connectivity index (χ0v) is 19.8. The maximum atomic E-state index is 12.7. The van der Waals surface area contributed by atoms with E-state index in [4.69, 9.17) is 4.74 Å². The average molecular weight is 497 g/mol. The molecule has 3 rings (SSSR count). The molecule has 0 heterocycles. The molecule has 3 aromatic carbocycles. The maximum absolute atomic E-state index is 12.7. The molecule has 0 aliphatic carbocycles. The highest BCUT2D eigenvalue weighted by Crippen LogP contribution is 2.29. The Hall–Kier alpha value is -4.38. The normalized spacial score (nSPS) is 10.7.